The normalized spacial score (nSPS) is 38.4. The predicted molar refractivity (Wildman–Crippen MR) is 69.6 cm³/mol. The number of terminal acetylenes is 1. The molecule has 6 nitrogen and oxygen atoms in total. The lowest BCUT2D eigenvalue weighted by Crippen LogP contribution is -2.48. The highest BCUT2D eigenvalue weighted by atomic mass is 16.8. The summed E-state index contributed by atoms with van der Waals surface area (Å²) in [7, 11) is 0. The molecule has 0 aliphatic carbocycles. The molecular weight excluding hydrogens is 264 g/mol. The summed E-state index contributed by atoms with van der Waals surface area (Å²) < 4.78 is 22.3. The lowest BCUT2D eigenvalue weighted by Gasteiger charge is -2.27. The van der Waals surface area contributed by atoms with Gasteiger partial charge in [0.05, 0.1) is 6.61 Å². The van der Waals surface area contributed by atoms with Crippen molar-refractivity contribution in [3.05, 3.63) is 0 Å². The van der Waals surface area contributed by atoms with Gasteiger partial charge in [0.25, 0.3) is 0 Å². The summed E-state index contributed by atoms with van der Waals surface area (Å²) in [5.74, 6) is 0.527. The molecule has 2 saturated heterocycles. The third kappa shape index (κ3) is 3.14. The second kappa shape index (κ2) is 5.26. The lowest BCUT2D eigenvalue weighted by molar-refractivity contribution is -0.179. The van der Waals surface area contributed by atoms with Crippen LogP contribution in [0.1, 0.15) is 27.7 Å². The summed E-state index contributed by atoms with van der Waals surface area (Å²) in [5, 5.41) is 20.3. The van der Waals surface area contributed by atoms with Crippen molar-refractivity contribution in [1.82, 2.24) is 0 Å². The summed E-state index contributed by atoms with van der Waals surface area (Å²) in [5.41, 5.74) is 0. The van der Waals surface area contributed by atoms with Gasteiger partial charge in [0.15, 0.2) is 11.6 Å². The van der Waals surface area contributed by atoms with Gasteiger partial charge in [-0.05, 0) is 27.7 Å². The number of rotatable bonds is 3. The van der Waals surface area contributed by atoms with E-state index in [2.05, 4.69) is 5.92 Å². The van der Waals surface area contributed by atoms with Crippen molar-refractivity contribution in [2.24, 2.45) is 0 Å². The highest BCUT2D eigenvalue weighted by Crippen LogP contribution is 2.35. The van der Waals surface area contributed by atoms with Gasteiger partial charge >= 0.3 is 0 Å². The Morgan fingerprint density at radius 3 is 2.15 bits per heavy atom. The van der Waals surface area contributed by atoms with Crippen LogP contribution in [0.25, 0.3) is 0 Å². The molecule has 0 amide bonds. The van der Waals surface area contributed by atoms with Gasteiger partial charge in [-0.25, -0.2) is 0 Å². The Morgan fingerprint density at radius 1 is 1.05 bits per heavy atom. The number of aliphatic hydroxyl groups excluding tert-OH is 2. The maximum absolute atomic E-state index is 10.4. The highest BCUT2D eigenvalue weighted by Gasteiger charge is 2.51. The molecule has 0 radical (unpaired) electrons. The molecule has 2 rings (SSSR count). The molecule has 2 aliphatic heterocycles. The van der Waals surface area contributed by atoms with Crippen molar-refractivity contribution in [2.75, 3.05) is 6.61 Å². The zero-order chi connectivity index (χ0) is 15.1. The van der Waals surface area contributed by atoms with E-state index >= 15 is 0 Å². The Bertz CT molecular complexity index is 399. The minimum Gasteiger partial charge on any atom is -0.387 e. The van der Waals surface area contributed by atoms with Crippen LogP contribution in [0.5, 0.6) is 0 Å². The molecule has 0 aromatic rings. The fourth-order valence-corrected chi connectivity index (χ4v) is 2.52. The molecule has 0 bridgehead atoms. The van der Waals surface area contributed by atoms with E-state index in [1.54, 1.807) is 27.7 Å². The summed E-state index contributed by atoms with van der Waals surface area (Å²) in [6.07, 6.45) is 0.915. The summed E-state index contributed by atoms with van der Waals surface area (Å²) in [6.45, 7) is 7.18. The molecule has 0 saturated carbocycles. The second-order valence-electron chi connectivity index (χ2n) is 6.03. The van der Waals surface area contributed by atoms with Crippen LogP contribution in [0.3, 0.4) is 0 Å². The minimum absolute atomic E-state index is 0.243. The van der Waals surface area contributed by atoms with Crippen molar-refractivity contribution in [1.29, 1.82) is 0 Å². The predicted octanol–water partition coefficient (Wildman–Crippen LogP) is 0.0130. The number of ether oxygens (including phenoxy) is 4. The Morgan fingerprint density at radius 2 is 1.65 bits per heavy atom. The van der Waals surface area contributed by atoms with Crippen LogP contribution in [0.2, 0.25) is 0 Å². The van der Waals surface area contributed by atoms with Gasteiger partial charge in [-0.1, -0.05) is 5.92 Å². The molecule has 20 heavy (non-hydrogen) atoms. The molecule has 114 valence electrons. The number of aliphatic hydroxyl groups is 2. The monoisotopic (exact) mass is 286 g/mol. The van der Waals surface area contributed by atoms with E-state index in [-0.39, 0.29) is 6.61 Å². The van der Waals surface area contributed by atoms with Crippen molar-refractivity contribution < 1.29 is 29.2 Å². The first kappa shape index (κ1) is 15.7. The van der Waals surface area contributed by atoms with Crippen molar-refractivity contribution in [3.8, 4) is 12.3 Å². The fraction of sp³-hybridized carbons (Fsp3) is 0.857. The summed E-state index contributed by atoms with van der Waals surface area (Å²) in [6, 6.07) is 0. The van der Waals surface area contributed by atoms with Crippen LogP contribution in [-0.2, 0) is 18.9 Å². The number of hydrogen-bond donors (Lipinski definition) is 2. The van der Waals surface area contributed by atoms with Gasteiger partial charge in [-0.15, -0.1) is 6.42 Å². The van der Waals surface area contributed by atoms with Crippen LogP contribution in [0, 0.1) is 12.3 Å². The first-order chi connectivity index (χ1) is 9.15. The maximum atomic E-state index is 10.4. The van der Waals surface area contributed by atoms with Gasteiger partial charge in [-0.3, -0.25) is 0 Å². The molecule has 6 heteroatoms. The molecule has 2 fully saturated rings. The van der Waals surface area contributed by atoms with E-state index < -0.39 is 42.1 Å². The smallest absolute Gasteiger partial charge is 0.164 e. The third-order valence-corrected chi connectivity index (χ3v) is 3.39. The zero-order valence-corrected chi connectivity index (χ0v) is 12.2. The molecular formula is C14H22O6. The third-order valence-electron chi connectivity index (χ3n) is 3.39. The second-order valence-corrected chi connectivity index (χ2v) is 6.03. The van der Waals surface area contributed by atoms with Gasteiger partial charge in [0.2, 0.25) is 0 Å². The average molecular weight is 286 g/mol. The van der Waals surface area contributed by atoms with Crippen LogP contribution < -0.4 is 0 Å². The Hall–Kier alpha value is -0.680. The van der Waals surface area contributed by atoms with E-state index in [0.717, 1.165) is 0 Å². The molecule has 0 aromatic carbocycles. The molecule has 5 atom stereocenters. The largest absolute Gasteiger partial charge is 0.387 e. The summed E-state index contributed by atoms with van der Waals surface area (Å²) >= 11 is 0. The van der Waals surface area contributed by atoms with E-state index in [0.29, 0.717) is 0 Å². The average Bonchev–Trinajstić information content (AvgIpc) is 2.87. The van der Waals surface area contributed by atoms with Gasteiger partial charge < -0.3 is 29.2 Å². The van der Waals surface area contributed by atoms with Gasteiger partial charge in [0, 0.05) is 0 Å². The first-order valence-corrected chi connectivity index (χ1v) is 6.65. The van der Waals surface area contributed by atoms with Crippen molar-refractivity contribution in [3.63, 3.8) is 0 Å². The molecule has 2 heterocycles. The van der Waals surface area contributed by atoms with Crippen LogP contribution in [0.4, 0.5) is 0 Å². The molecule has 0 aromatic heterocycles. The molecule has 0 spiro atoms. The van der Waals surface area contributed by atoms with Crippen LogP contribution in [-0.4, -0.2) is 58.9 Å². The minimum atomic E-state index is -1.16. The van der Waals surface area contributed by atoms with Crippen LogP contribution >= 0.6 is 0 Å². The van der Waals surface area contributed by atoms with E-state index in [1.807, 2.05) is 0 Å². The quantitative estimate of drug-likeness (QED) is 0.712. The van der Waals surface area contributed by atoms with Gasteiger partial charge in [0.1, 0.15) is 30.5 Å². The Kier molecular flexibility index (Phi) is 4.13. The lowest BCUT2D eigenvalue weighted by atomic mass is 10.00. The molecule has 0 unspecified atom stereocenters. The zero-order valence-electron chi connectivity index (χ0n) is 12.2. The highest BCUT2D eigenvalue weighted by molar-refractivity contribution is 5.05. The number of hydrogen-bond acceptors (Lipinski definition) is 6. The first-order valence-electron chi connectivity index (χ1n) is 6.65. The Balaban J connectivity index is 2.11. The molecule has 2 N–H and O–H groups in total. The summed E-state index contributed by atoms with van der Waals surface area (Å²) in [4.78, 5) is 0. The van der Waals surface area contributed by atoms with Crippen molar-refractivity contribution in [2.45, 2.75) is 69.8 Å². The Labute approximate surface area is 119 Å². The van der Waals surface area contributed by atoms with Crippen molar-refractivity contribution >= 4 is 0 Å². The molecule has 2 aliphatic rings. The van der Waals surface area contributed by atoms with Crippen LogP contribution in [0.15, 0.2) is 0 Å². The topological polar surface area (TPSA) is 77.4 Å². The standard InChI is InChI=1S/C14H22O6/c1-6-8(15)11-12(20-14(4,5)19-11)10(16)9-7-17-13(2,3)18-9/h1,8-12,15-16H,7H2,2-5H3/t8-,9+,10+,11+,12-/m0/s1. The van der Waals surface area contributed by atoms with E-state index in [1.165, 1.54) is 0 Å². The SMILES string of the molecule is C#C[C@H](O)[C@H]1OC(C)(C)O[C@H]1[C@H](O)[C@H]1COC(C)(C)O1. The maximum Gasteiger partial charge on any atom is 0.164 e. The van der Waals surface area contributed by atoms with E-state index in [9.17, 15) is 10.2 Å². The van der Waals surface area contributed by atoms with E-state index in [4.69, 9.17) is 25.4 Å². The van der Waals surface area contributed by atoms with Gasteiger partial charge in [-0.2, -0.15) is 0 Å². The fourth-order valence-electron chi connectivity index (χ4n) is 2.52.